The number of carbonyl (C=O) groups is 3. The van der Waals surface area contributed by atoms with Gasteiger partial charge in [0.1, 0.15) is 0 Å². The Hall–Kier alpha value is -2.99. The lowest BCUT2D eigenvalue weighted by molar-refractivity contribution is 0.0651. The van der Waals surface area contributed by atoms with Gasteiger partial charge in [0.05, 0.1) is 11.1 Å². The fourth-order valence-electron chi connectivity index (χ4n) is 3.50. The summed E-state index contributed by atoms with van der Waals surface area (Å²) in [6.45, 7) is 4.21. The molecule has 1 heterocycles. The summed E-state index contributed by atoms with van der Waals surface area (Å²) in [7, 11) is 3.94. The molecule has 3 rings (SSSR count). The van der Waals surface area contributed by atoms with Gasteiger partial charge >= 0.3 is 0 Å². The normalized spacial score (nSPS) is 13.1. The Labute approximate surface area is 178 Å². The molecule has 3 amide bonds. The number of hydrogen-bond donors (Lipinski definition) is 0. The molecule has 0 atom stereocenters. The first-order valence-electron chi connectivity index (χ1n) is 10.4. The van der Waals surface area contributed by atoms with Gasteiger partial charge in [0, 0.05) is 31.7 Å². The van der Waals surface area contributed by atoms with Crippen molar-refractivity contribution in [2.45, 2.75) is 26.3 Å². The molecule has 1 aliphatic heterocycles. The average Bonchev–Trinajstić information content (AvgIpc) is 2.99. The first-order valence-corrected chi connectivity index (χ1v) is 10.4. The predicted octanol–water partition coefficient (Wildman–Crippen LogP) is 3.29. The maximum atomic E-state index is 13.3. The molecule has 0 aliphatic carbocycles. The molecule has 0 unspecified atom stereocenters. The lowest BCUT2D eigenvalue weighted by Crippen LogP contribution is -2.36. The van der Waals surface area contributed by atoms with Crippen molar-refractivity contribution in [2.24, 2.45) is 0 Å². The molecule has 0 saturated heterocycles. The first kappa shape index (κ1) is 21.7. The van der Waals surface area contributed by atoms with Gasteiger partial charge in [-0.2, -0.15) is 0 Å². The summed E-state index contributed by atoms with van der Waals surface area (Å²) in [5.41, 5.74) is 2.19. The molecule has 0 fully saturated rings. The van der Waals surface area contributed by atoms with Crippen LogP contribution in [0.3, 0.4) is 0 Å². The number of amides is 3. The van der Waals surface area contributed by atoms with Gasteiger partial charge in [0.25, 0.3) is 17.7 Å². The molecule has 0 radical (unpaired) electrons. The SMILES string of the molecule is CCCCN1C(=O)c2ccc(C(=O)N(CCN(C)C)Cc3ccccc3)cc2C1=O. The highest BCUT2D eigenvalue weighted by Crippen LogP contribution is 2.25. The fourth-order valence-corrected chi connectivity index (χ4v) is 3.50. The second-order valence-corrected chi connectivity index (χ2v) is 7.89. The number of likely N-dealkylation sites (N-methyl/N-ethyl adjacent to an activating group) is 1. The third-order valence-electron chi connectivity index (χ3n) is 5.27. The van der Waals surface area contributed by atoms with Crippen molar-refractivity contribution in [2.75, 3.05) is 33.7 Å². The van der Waals surface area contributed by atoms with Gasteiger partial charge in [-0.05, 0) is 44.3 Å². The van der Waals surface area contributed by atoms with E-state index in [9.17, 15) is 14.4 Å². The number of imide groups is 1. The zero-order chi connectivity index (χ0) is 21.7. The monoisotopic (exact) mass is 407 g/mol. The highest BCUT2D eigenvalue weighted by molar-refractivity contribution is 6.22. The molecule has 1 aliphatic rings. The molecular formula is C24H29N3O3. The number of carbonyl (C=O) groups excluding carboxylic acids is 3. The van der Waals surface area contributed by atoms with Crippen molar-refractivity contribution in [1.82, 2.24) is 14.7 Å². The van der Waals surface area contributed by atoms with Crippen molar-refractivity contribution < 1.29 is 14.4 Å². The maximum absolute atomic E-state index is 13.3. The molecule has 2 aromatic rings. The molecule has 30 heavy (non-hydrogen) atoms. The van der Waals surface area contributed by atoms with Gasteiger partial charge < -0.3 is 9.80 Å². The van der Waals surface area contributed by atoms with Gasteiger partial charge in [0.2, 0.25) is 0 Å². The second kappa shape index (κ2) is 9.67. The highest BCUT2D eigenvalue weighted by Gasteiger charge is 2.35. The number of hydrogen-bond acceptors (Lipinski definition) is 4. The van der Waals surface area contributed by atoms with E-state index in [2.05, 4.69) is 0 Å². The zero-order valence-corrected chi connectivity index (χ0v) is 17.9. The van der Waals surface area contributed by atoms with Crippen molar-refractivity contribution in [1.29, 1.82) is 0 Å². The number of fused-ring (bicyclic) bond motifs is 1. The zero-order valence-electron chi connectivity index (χ0n) is 17.9. The Balaban J connectivity index is 1.84. The number of unbranched alkanes of at least 4 members (excludes halogenated alkanes) is 1. The van der Waals surface area contributed by atoms with Crippen LogP contribution in [0.1, 0.15) is 56.4 Å². The van der Waals surface area contributed by atoms with E-state index in [4.69, 9.17) is 0 Å². The van der Waals surface area contributed by atoms with Crippen LogP contribution in [0.4, 0.5) is 0 Å². The van der Waals surface area contributed by atoms with E-state index in [1.54, 1.807) is 23.1 Å². The third kappa shape index (κ3) is 4.76. The van der Waals surface area contributed by atoms with Crippen molar-refractivity contribution in [3.63, 3.8) is 0 Å². The minimum Gasteiger partial charge on any atom is -0.333 e. The quantitative estimate of drug-likeness (QED) is 0.599. The number of rotatable bonds is 9. The standard InChI is InChI=1S/C24H29N3O3/c1-4-5-13-27-23(29)20-12-11-19(16-21(20)24(27)30)22(28)26(15-14-25(2)3)17-18-9-7-6-8-10-18/h6-12,16H,4-5,13-15,17H2,1-3H3. The minimum atomic E-state index is -0.305. The van der Waals surface area contributed by atoms with Crippen LogP contribution in [-0.2, 0) is 6.54 Å². The smallest absolute Gasteiger partial charge is 0.261 e. The summed E-state index contributed by atoms with van der Waals surface area (Å²) in [4.78, 5) is 43.7. The Bertz CT molecular complexity index is 925. The molecule has 6 heteroatoms. The van der Waals surface area contributed by atoms with E-state index < -0.39 is 0 Å². The topological polar surface area (TPSA) is 60.9 Å². The van der Waals surface area contributed by atoms with Crippen molar-refractivity contribution in [3.8, 4) is 0 Å². The summed E-state index contributed by atoms with van der Waals surface area (Å²) < 4.78 is 0. The Morgan fingerprint density at radius 2 is 1.63 bits per heavy atom. The third-order valence-corrected chi connectivity index (χ3v) is 5.27. The van der Waals surface area contributed by atoms with Crippen LogP contribution in [0.25, 0.3) is 0 Å². The Kier molecular flexibility index (Phi) is 7.00. The fraction of sp³-hybridized carbons (Fsp3) is 0.375. The molecule has 2 aromatic carbocycles. The van der Waals surface area contributed by atoms with Crippen LogP contribution in [0.15, 0.2) is 48.5 Å². The number of benzene rings is 2. The molecule has 0 spiro atoms. The van der Waals surface area contributed by atoms with Gasteiger partial charge in [-0.1, -0.05) is 43.7 Å². The summed E-state index contributed by atoms with van der Waals surface area (Å²) in [5, 5.41) is 0. The van der Waals surface area contributed by atoms with E-state index in [1.165, 1.54) is 4.90 Å². The largest absolute Gasteiger partial charge is 0.333 e. The lowest BCUT2D eigenvalue weighted by atomic mass is 10.0. The summed E-state index contributed by atoms with van der Waals surface area (Å²) in [6, 6.07) is 14.7. The Morgan fingerprint density at radius 3 is 2.30 bits per heavy atom. The van der Waals surface area contributed by atoms with Gasteiger partial charge in [-0.15, -0.1) is 0 Å². The summed E-state index contributed by atoms with van der Waals surface area (Å²) in [5.74, 6) is -0.715. The van der Waals surface area contributed by atoms with Crippen LogP contribution in [0, 0.1) is 0 Å². The highest BCUT2D eigenvalue weighted by atomic mass is 16.2. The molecule has 0 aromatic heterocycles. The second-order valence-electron chi connectivity index (χ2n) is 7.89. The molecule has 158 valence electrons. The summed E-state index contributed by atoms with van der Waals surface area (Å²) in [6.07, 6.45) is 1.67. The van der Waals surface area contributed by atoms with E-state index in [1.807, 2.05) is 56.3 Å². The van der Waals surface area contributed by atoms with Crippen molar-refractivity contribution in [3.05, 3.63) is 70.8 Å². The van der Waals surface area contributed by atoms with E-state index in [-0.39, 0.29) is 17.7 Å². The van der Waals surface area contributed by atoms with E-state index >= 15 is 0 Å². The molecule has 0 bridgehead atoms. The van der Waals surface area contributed by atoms with Gasteiger partial charge in [0.15, 0.2) is 0 Å². The van der Waals surface area contributed by atoms with Crippen LogP contribution in [-0.4, -0.2) is 66.2 Å². The predicted molar refractivity (Wildman–Crippen MR) is 116 cm³/mol. The van der Waals surface area contributed by atoms with E-state index in [0.717, 1.165) is 24.9 Å². The maximum Gasteiger partial charge on any atom is 0.261 e. The van der Waals surface area contributed by atoms with Gasteiger partial charge in [-0.3, -0.25) is 19.3 Å². The van der Waals surface area contributed by atoms with Crippen LogP contribution in [0.5, 0.6) is 0 Å². The number of nitrogens with zero attached hydrogens (tertiary/aromatic N) is 3. The average molecular weight is 408 g/mol. The van der Waals surface area contributed by atoms with Crippen LogP contribution < -0.4 is 0 Å². The lowest BCUT2D eigenvalue weighted by Gasteiger charge is -2.25. The van der Waals surface area contributed by atoms with Crippen molar-refractivity contribution >= 4 is 17.7 Å². The van der Waals surface area contributed by atoms with E-state index in [0.29, 0.717) is 36.3 Å². The molecule has 0 N–H and O–H groups in total. The summed E-state index contributed by atoms with van der Waals surface area (Å²) >= 11 is 0. The Morgan fingerprint density at radius 1 is 0.933 bits per heavy atom. The first-order chi connectivity index (χ1) is 14.4. The molecular weight excluding hydrogens is 378 g/mol. The van der Waals surface area contributed by atoms with Gasteiger partial charge in [-0.25, -0.2) is 0 Å². The minimum absolute atomic E-state index is 0.143. The molecule has 0 saturated carbocycles. The molecule has 6 nitrogen and oxygen atoms in total. The van der Waals surface area contributed by atoms with Crippen LogP contribution in [0.2, 0.25) is 0 Å². The van der Waals surface area contributed by atoms with Crippen LogP contribution >= 0.6 is 0 Å².